The van der Waals surface area contributed by atoms with Crippen molar-refractivity contribution >= 4 is 5.82 Å². The van der Waals surface area contributed by atoms with Crippen molar-refractivity contribution in [2.75, 3.05) is 11.9 Å². The minimum Gasteiger partial charge on any atom is -0.369 e. The standard InChI is InChI=1S/C13H11F4N3/c1-2-18-12-11(19-5-6-20-12)9-4-3-8(14)7-10(9)13(15,16)17/h3-7H,2H2,1H3,(H,18,20). The Morgan fingerprint density at radius 1 is 1.15 bits per heavy atom. The van der Waals surface area contributed by atoms with Gasteiger partial charge in [-0.15, -0.1) is 0 Å². The van der Waals surface area contributed by atoms with Crippen LogP contribution in [0, 0.1) is 5.82 Å². The van der Waals surface area contributed by atoms with Gasteiger partial charge < -0.3 is 5.32 Å². The lowest BCUT2D eigenvalue weighted by molar-refractivity contribution is -0.137. The van der Waals surface area contributed by atoms with Crippen molar-refractivity contribution in [1.29, 1.82) is 0 Å². The van der Waals surface area contributed by atoms with Crippen molar-refractivity contribution in [3.8, 4) is 11.3 Å². The van der Waals surface area contributed by atoms with Crippen molar-refractivity contribution in [2.45, 2.75) is 13.1 Å². The van der Waals surface area contributed by atoms with Crippen molar-refractivity contribution in [1.82, 2.24) is 9.97 Å². The summed E-state index contributed by atoms with van der Waals surface area (Å²) in [6, 6.07) is 2.48. The van der Waals surface area contributed by atoms with Crippen LogP contribution in [0.15, 0.2) is 30.6 Å². The van der Waals surface area contributed by atoms with E-state index < -0.39 is 17.6 Å². The third-order valence-electron chi connectivity index (χ3n) is 2.58. The second kappa shape index (κ2) is 5.44. The lowest BCUT2D eigenvalue weighted by Crippen LogP contribution is -2.10. The number of alkyl halides is 3. The highest BCUT2D eigenvalue weighted by atomic mass is 19.4. The molecular formula is C13H11F4N3. The maximum atomic E-state index is 13.1. The van der Waals surface area contributed by atoms with Crippen LogP contribution in [0.3, 0.4) is 0 Å². The maximum Gasteiger partial charge on any atom is 0.417 e. The molecule has 0 aliphatic rings. The smallest absolute Gasteiger partial charge is 0.369 e. The third kappa shape index (κ3) is 2.87. The summed E-state index contributed by atoms with van der Waals surface area (Å²) < 4.78 is 52.1. The average molecular weight is 285 g/mol. The molecule has 106 valence electrons. The highest BCUT2D eigenvalue weighted by Crippen LogP contribution is 2.38. The number of anilines is 1. The molecule has 0 saturated carbocycles. The van der Waals surface area contributed by atoms with E-state index in [0.29, 0.717) is 12.6 Å². The molecule has 20 heavy (non-hydrogen) atoms. The fourth-order valence-electron chi connectivity index (χ4n) is 1.79. The Labute approximate surface area is 112 Å². The normalized spacial score (nSPS) is 11.4. The first-order chi connectivity index (χ1) is 9.43. The second-order valence-electron chi connectivity index (χ2n) is 3.97. The zero-order valence-corrected chi connectivity index (χ0v) is 10.5. The lowest BCUT2D eigenvalue weighted by atomic mass is 10.0. The van der Waals surface area contributed by atoms with Crippen LogP contribution in [-0.4, -0.2) is 16.5 Å². The van der Waals surface area contributed by atoms with Gasteiger partial charge in [0.15, 0.2) is 5.82 Å². The van der Waals surface area contributed by atoms with Gasteiger partial charge in [0.1, 0.15) is 11.5 Å². The summed E-state index contributed by atoms with van der Waals surface area (Å²) in [6.45, 7) is 2.27. The molecule has 0 amide bonds. The SMILES string of the molecule is CCNc1nccnc1-c1ccc(F)cc1C(F)(F)F. The van der Waals surface area contributed by atoms with Gasteiger partial charge in [0.25, 0.3) is 0 Å². The first-order valence-electron chi connectivity index (χ1n) is 5.85. The number of hydrogen-bond acceptors (Lipinski definition) is 3. The number of halogens is 4. The molecule has 0 spiro atoms. The molecule has 7 heteroatoms. The van der Waals surface area contributed by atoms with Crippen molar-refractivity contribution in [3.05, 3.63) is 42.0 Å². The molecule has 1 heterocycles. The molecule has 0 bridgehead atoms. The Morgan fingerprint density at radius 2 is 1.85 bits per heavy atom. The Balaban J connectivity index is 2.64. The molecule has 0 aliphatic heterocycles. The van der Waals surface area contributed by atoms with Gasteiger partial charge in [0, 0.05) is 24.5 Å². The minimum atomic E-state index is -4.67. The van der Waals surface area contributed by atoms with Crippen LogP contribution in [0.5, 0.6) is 0 Å². The van der Waals surface area contributed by atoms with Crippen molar-refractivity contribution < 1.29 is 17.6 Å². The Kier molecular flexibility index (Phi) is 3.87. The summed E-state index contributed by atoms with van der Waals surface area (Å²) in [6.07, 6.45) is -2.00. The number of nitrogens with zero attached hydrogens (tertiary/aromatic N) is 2. The first-order valence-corrected chi connectivity index (χ1v) is 5.85. The molecule has 3 nitrogen and oxygen atoms in total. The van der Waals surface area contributed by atoms with Crippen LogP contribution in [0.2, 0.25) is 0 Å². The van der Waals surface area contributed by atoms with E-state index in [1.165, 1.54) is 12.4 Å². The molecule has 1 N–H and O–H groups in total. The van der Waals surface area contributed by atoms with E-state index in [2.05, 4.69) is 15.3 Å². The third-order valence-corrected chi connectivity index (χ3v) is 2.58. The Bertz CT molecular complexity index is 611. The van der Waals surface area contributed by atoms with Gasteiger partial charge in [-0.2, -0.15) is 13.2 Å². The van der Waals surface area contributed by atoms with Gasteiger partial charge in [-0.25, -0.2) is 9.37 Å². The quantitative estimate of drug-likeness (QED) is 0.873. The van der Waals surface area contributed by atoms with Crippen LogP contribution >= 0.6 is 0 Å². The van der Waals surface area contributed by atoms with Crippen LogP contribution in [0.4, 0.5) is 23.4 Å². The van der Waals surface area contributed by atoms with E-state index in [4.69, 9.17) is 0 Å². The monoisotopic (exact) mass is 285 g/mol. The molecule has 2 rings (SSSR count). The topological polar surface area (TPSA) is 37.8 Å². The fourth-order valence-corrected chi connectivity index (χ4v) is 1.79. The molecule has 0 fully saturated rings. The molecule has 0 saturated heterocycles. The van der Waals surface area contributed by atoms with Crippen molar-refractivity contribution in [2.24, 2.45) is 0 Å². The largest absolute Gasteiger partial charge is 0.417 e. The molecule has 0 unspecified atom stereocenters. The van der Waals surface area contributed by atoms with Crippen LogP contribution < -0.4 is 5.32 Å². The van der Waals surface area contributed by atoms with Gasteiger partial charge in [-0.05, 0) is 25.1 Å². The molecule has 2 aromatic rings. The zero-order chi connectivity index (χ0) is 14.8. The predicted octanol–water partition coefficient (Wildman–Crippen LogP) is 3.73. The van der Waals surface area contributed by atoms with Gasteiger partial charge in [0.05, 0.1) is 5.56 Å². The van der Waals surface area contributed by atoms with E-state index in [1.807, 2.05) is 0 Å². The summed E-state index contributed by atoms with van der Waals surface area (Å²) >= 11 is 0. The number of rotatable bonds is 3. The average Bonchev–Trinajstić information content (AvgIpc) is 2.39. The van der Waals surface area contributed by atoms with Crippen LogP contribution in [-0.2, 0) is 6.18 Å². The van der Waals surface area contributed by atoms with Crippen LogP contribution in [0.1, 0.15) is 12.5 Å². The number of benzene rings is 1. The summed E-state index contributed by atoms with van der Waals surface area (Å²) in [5, 5.41) is 2.83. The molecule has 1 aromatic carbocycles. The van der Waals surface area contributed by atoms with Gasteiger partial charge in [-0.1, -0.05) is 0 Å². The van der Waals surface area contributed by atoms with E-state index in [0.717, 1.165) is 12.1 Å². The Hall–Kier alpha value is -2.18. The maximum absolute atomic E-state index is 13.1. The molecule has 0 radical (unpaired) electrons. The highest BCUT2D eigenvalue weighted by molar-refractivity contribution is 5.74. The second-order valence-corrected chi connectivity index (χ2v) is 3.97. The number of hydrogen-bond donors (Lipinski definition) is 1. The van der Waals surface area contributed by atoms with E-state index in [-0.39, 0.29) is 17.1 Å². The highest BCUT2D eigenvalue weighted by Gasteiger charge is 2.35. The van der Waals surface area contributed by atoms with Crippen LogP contribution in [0.25, 0.3) is 11.3 Å². The zero-order valence-electron chi connectivity index (χ0n) is 10.5. The summed E-state index contributed by atoms with van der Waals surface area (Å²) in [5.41, 5.74) is -1.23. The van der Waals surface area contributed by atoms with Gasteiger partial charge >= 0.3 is 6.18 Å². The summed E-state index contributed by atoms with van der Waals surface area (Å²) in [7, 11) is 0. The minimum absolute atomic E-state index is 0.0432. The molecular weight excluding hydrogens is 274 g/mol. The molecule has 1 aromatic heterocycles. The Morgan fingerprint density at radius 3 is 2.50 bits per heavy atom. The fraction of sp³-hybridized carbons (Fsp3) is 0.231. The molecule has 0 aliphatic carbocycles. The summed E-state index contributed by atoms with van der Waals surface area (Å²) in [4.78, 5) is 7.88. The van der Waals surface area contributed by atoms with Gasteiger partial charge in [0.2, 0.25) is 0 Å². The predicted molar refractivity (Wildman–Crippen MR) is 66.6 cm³/mol. The number of nitrogens with one attached hydrogen (secondary N) is 1. The van der Waals surface area contributed by atoms with Gasteiger partial charge in [-0.3, -0.25) is 4.98 Å². The number of aromatic nitrogens is 2. The summed E-state index contributed by atoms with van der Waals surface area (Å²) in [5.74, 6) is -0.720. The molecule has 0 atom stereocenters. The van der Waals surface area contributed by atoms with E-state index in [9.17, 15) is 17.6 Å². The lowest BCUT2D eigenvalue weighted by Gasteiger charge is -2.14. The first kappa shape index (κ1) is 14.2. The van der Waals surface area contributed by atoms with E-state index >= 15 is 0 Å². The van der Waals surface area contributed by atoms with Crippen molar-refractivity contribution in [3.63, 3.8) is 0 Å². The van der Waals surface area contributed by atoms with E-state index in [1.54, 1.807) is 6.92 Å².